The third-order valence-electron chi connectivity index (χ3n) is 6.14. The largest absolute Gasteiger partial charge is 0.457 e. The summed E-state index contributed by atoms with van der Waals surface area (Å²) in [7, 11) is 0. The van der Waals surface area contributed by atoms with Gasteiger partial charge in [-0.15, -0.1) is 0 Å². The van der Waals surface area contributed by atoms with Crippen LogP contribution >= 0.6 is 0 Å². The first-order valence-electron chi connectivity index (χ1n) is 11.4. The highest BCUT2D eigenvalue weighted by Crippen LogP contribution is 2.30. The predicted molar refractivity (Wildman–Crippen MR) is 130 cm³/mol. The van der Waals surface area contributed by atoms with E-state index in [1.165, 1.54) is 12.7 Å². The summed E-state index contributed by atoms with van der Waals surface area (Å²) in [4.78, 5) is 18.0. The number of benzene rings is 1. The minimum Gasteiger partial charge on any atom is -0.457 e. The van der Waals surface area contributed by atoms with Crippen LogP contribution in [-0.4, -0.2) is 42.6 Å². The first-order chi connectivity index (χ1) is 16.7. The quantitative estimate of drug-likeness (QED) is 0.405. The molecule has 1 aliphatic rings. The summed E-state index contributed by atoms with van der Waals surface area (Å²) in [6.45, 7) is 4.05. The number of nitrogens with one attached hydrogen (secondary N) is 2. The predicted octanol–water partition coefficient (Wildman–Crippen LogP) is 4.38. The number of hydrogen-bond donors (Lipinski definition) is 2. The highest BCUT2D eigenvalue weighted by molar-refractivity contribution is 5.87. The van der Waals surface area contributed by atoms with Crippen LogP contribution in [0.1, 0.15) is 30.0 Å². The first-order valence-corrected chi connectivity index (χ1v) is 11.4. The van der Waals surface area contributed by atoms with Gasteiger partial charge in [-0.25, -0.2) is 24.5 Å². The summed E-state index contributed by atoms with van der Waals surface area (Å²) in [5, 5.41) is 11.0. The number of anilines is 2. The Balaban J connectivity index is 1.25. The van der Waals surface area contributed by atoms with Crippen LogP contribution in [0.4, 0.5) is 11.5 Å². The van der Waals surface area contributed by atoms with Crippen LogP contribution in [0.15, 0.2) is 61.3 Å². The Hall–Kier alpha value is -4.11. The van der Waals surface area contributed by atoms with Gasteiger partial charge in [-0.3, -0.25) is 0 Å². The van der Waals surface area contributed by atoms with Crippen molar-refractivity contribution in [3.8, 4) is 11.5 Å². The van der Waals surface area contributed by atoms with Crippen LogP contribution in [-0.2, 0) is 0 Å². The molecule has 9 nitrogen and oxygen atoms in total. The van der Waals surface area contributed by atoms with Gasteiger partial charge in [0.05, 0.1) is 5.52 Å². The van der Waals surface area contributed by atoms with E-state index in [0.29, 0.717) is 17.5 Å². The molecule has 1 saturated heterocycles. The summed E-state index contributed by atoms with van der Waals surface area (Å²) in [5.41, 5.74) is 5.33. The number of ether oxygens (including phenoxy) is 1. The molecule has 0 spiro atoms. The minimum absolute atomic E-state index is 0.418. The van der Waals surface area contributed by atoms with Crippen LogP contribution < -0.4 is 15.4 Å². The summed E-state index contributed by atoms with van der Waals surface area (Å²) >= 11 is 0. The van der Waals surface area contributed by atoms with Crippen molar-refractivity contribution < 1.29 is 4.74 Å². The van der Waals surface area contributed by atoms with E-state index in [4.69, 9.17) is 9.72 Å². The molecule has 5 heterocycles. The molecule has 0 bridgehead atoms. The number of piperidine rings is 1. The van der Waals surface area contributed by atoms with Crippen molar-refractivity contribution >= 4 is 28.2 Å². The molecule has 1 aliphatic heterocycles. The molecular formula is C25H24N8O. The van der Waals surface area contributed by atoms with Crippen molar-refractivity contribution in [2.75, 3.05) is 18.4 Å². The zero-order valence-electron chi connectivity index (χ0n) is 18.8. The third kappa shape index (κ3) is 4.01. The molecule has 0 amide bonds. The molecule has 4 aromatic heterocycles. The summed E-state index contributed by atoms with van der Waals surface area (Å²) in [6, 6.07) is 13.8. The van der Waals surface area contributed by atoms with Gasteiger partial charge in [-0.05, 0) is 68.3 Å². The van der Waals surface area contributed by atoms with Gasteiger partial charge in [0, 0.05) is 36.1 Å². The third-order valence-corrected chi connectivity index (χ3v) is 6.14. The van der Waals surface area contributed by atoms with E-state index in [9.17, 15) is 0 Å². The van der Waals surface area contributed by atoms with E-state index in [1.807, 2.05) is 49.5 Å². The molecule has 170 valence electrons. The summed E-state index contributed by atoms with van der Waals surface area (Å²) < 4.78 is 7.79. The van der Waals surface area contributed by atoms with Crippen LogP contribution in [0.25, 0.3) is 16.7 Å². The maximum absolute atomic E-state index is 6.09. The lowest BCUT2D eigenvalue weighted by molar-refractivity contribution is 0.455. The van der Waals surface area contributed by atoms with Gasteiger partial charge >= 0.3 is 0 Å². The lowest BCUT2D eigenvalue weighted by Crippen LogP contribution is -2.28. The van der Waals surface area contributed by atoms with E-state index >= 15 is 0 Å². The number of pyridine rings is 2. The Morgan fingerprint density at radius 1 is 1.06 bits per heavy atom. The van der Waals surface area contributed by atoms with E-state index in [0.717, 1.165) is 58.9 Å². The van der Waals surface area contributed by atoms with Gasteiger partial charge in [-0.2, -0.15) is 5.10 Å². The molecule has 1 atom stereocenters. The van der Waals surface area contributed by atoms with E-state index in [1.54, 1.807) is 10.8 Å². The highest BCUT2D eigenvalue weighted by atomic mass is 16.5. The van der Waals surface area contributed by atoms with Crippen molar-refractivity contribution in [1.82, 2.24) is 34.9 Å². The molecule has 9 heteroatoms. The Labute approximate surface area is 196 Å². The van der Waals surface area contributed by atoms with Crippen molar-refractivity contribution in [3.63, 3.8) is 0 Å². The second-order valence-electron chi connectivity index (χ2n) is 8.50. The maximum atomic E-state index is 6.09. The number of fused-ring (bicyclic) bond motifs is 2. The van der Waals surface area contributed by atoms with Gasteiger partial charge < -0.3 is 15.4 Å². The average Bonchev–Trinajstić information content (AvgIpc) is 3.34. The van der Waals surface area contributed by atoms with E-state index < -0.39 is 0 Å². The maximum Gasteiger partial charge on any atom is 0.160 e. The normalized spacial score (nSPS) is 16.1. The molecular weight excluding hydrogens is 428 g/mol. The molecule has 0 saturated carbocycles. The molecule has 34 heavy (non-hydrogen) atoms. The summed E-state index contributed by atoms with van der Waals surface area (Å²) in [5.74, 6) is 2.59. The molecule has 1 unspecified atom stereocenters. The van der Waals surface area contributed by atoms with Crippen LogP contribution in [0.3, 0.4) is 0 Å². The Bertz CT molecular complexity index is 1470. The number of aryl methyl sites for hydroxylation is 1. The van der Waals surface area contributed by atoms with Crippen molar-refractivity contribution in [2.24, 2.45) is 0 Å². The van der Waals surface area contributed by atoms with Gasteiger partial charge in [0.1, 0.15) is 29.7 Å². The molecule has 0 aliphatic carbocycles. The smallest absolute Gasteiger partial charge is 0.160 e. The SMILES string of the molecule is Cc1cc(Nc2ncnc3ccc(C4CCCNC4)nc23)ccc1Oc1ccn2ncnc2c1. The fraction of sp³-hybridized carbons (Fsp3) is 0.240. The van der Waals surface area contributed by atoms with Crippen molar-refractivity contribution in [3.05, 3.63) is 72.6 Å². The zero-order valence-corrected chi connectivity index (χ0v) is 18.8. The Kier molecular flexibility index (Phi) is 5.23. The number of rotatable bonds is 5. The highest BCUT2D eigenvalue weighted by Gasteiger charge is 2.18. The molecule has 5 aromatic rings. The molecule has 6 rings (SSSR count). The molecule has 1 aromatic carbocycles. The number of nitrogens with zero attached hydrogens (tertiary/aromatic N) is 6. The molecule has 2 N–H and O–H groups in total. The lowest BCUT2D eigenvalue weighted by Gasteiger charge is -2.22. The van der Waals surface area contributed by atoms with Gasteiger partial charge in [0.2, 0.25) is 0 Å². The van der Waals surface area contributed by atoms with Gasteiger partial charge in [-0.1, -0.05) is 0 Å². The fourth-order valence-corrected chi connectivity index (χ4v) is 4.34. The van der Waals surface area contributed by atoms with Crippen molar-refractivity contribution in [1.29, 1.82) is 0 Å². The zero-order chi connectivity index (χ0) is 22.9. The topological polar surface area (TPSA) is 102 Å². The Morgan fingerprint density at radius 3 is 2.91 bits per heavy atom. The summed E-state index contributed by atoms with van der Waals surface area (Å²) in [6.07, 6.45) is 7.23. The van der Waals surface area contributed by atoms with Crippen molar-refractivity contribution in [2.45, 2.75) is 25.7 Å². The van der Waals surface area contributed by atoms with Crippen LogP contribution in [0, 0.1) is 6.92 Å². The standard InChI is InChI=1S/C25H24N8O/c1-16-11-18(4-7-22(16)34-19-8-10-33-23(12-19)28-15-30-33)31-25-24-21(27-14-29-25)6-5-20(32-24)17-3-2-9-26-13-17/h4-8,10-12,14-15,17,26H,2-3,9,13H2,1H3,(H,27,29,31). The monoisotopic (exact) mass is 452 g/mol. The number of aromatic nitrogens is 6. The van der Waals surface area contributed by atoms with E-state index in [2.05, 4.69) is 36.8 Å². The van der Waals surface area contributed by atoms with E-state index in [-0.39, 0.29) is 0 Å². The minimum atomic E-state index is 0.418. The molecule has 1 fully saturated rings. The molecule has 0 radical (unpaired) electrons. The van der Waals surface area contributed by atoms with Gasteiger partial charge in [0.25, 0.3) is 0 Å². The van der Waals surface area contributed by atoms with Crippen LogP contribution in [0.2, 0.25) is 0 Å². The fourth-order valence-electron chi connectivity index (χ4n) is 4.34. The van der Waals surface area contributed by atoms with Crippen LogP contribution in [0.5, 0.6) is 11.5 Å². The first kappa shape index (κ1) is 20.5. The Morgan fingerprint density at radius 2 is 2.03 bits per heavy atom. The second-order valence-corrected chi connectivity index (χ2v) is 8.50. The second kappa shape index (κ2) is 8.68. The average molecular weight is 453 g/mol. The lowest BCUT2D eigenvalue weighted by atomic mass is 9.95. The van der Waals surface area contributed by atoms with Gasteiger partial charge in [0.15, 0.2) is 11.5 Å². The number of hydrogen-bond acceptors (Lipinski definition) is 8.